The molecule has 0 unspecified atom stereocenters. The number of rotatable bonds is 4. The number of aliphatic hydroxyl groups is 1. The van der Waals surface area contributed by atoms with Crippen LogP contribution in [0.4, 0.5) is 0 Å². The van der Waals surface area contributed by atoms with Crippen molar-refractivity contribution in [2.45, 2.75) is 26.2 Å². The van der Waals surface area contributed by atoms with E-state index in [0.717, 1.165) is 25.0 Å². The molecule has 3 heteroatoms. The molecule has 0 aliphatic carbocycles. The molecule has 0 amide bonds. The summed E-state index contributed by atoms with van der Waals surface area (Å²) in [6, 6.07) is 0. The first kappa shape index (κ1) is 8.68. The molecule has 0 aromatic carbocycles. The largest absolute Gasteiger partial charge is 0.396 e. The maximum absolute atomic E-state index is 8.57. The summed E-state index contributed by atoms with van der Waals surface area (Å²) in [4.78, 5) is 4.37. The van der Waals surface area contributed by atoms with Crippen molar-refractivity contribution >= 4 is 11.3 Å². The monoisotopic (exact) mass is 171 g/mol. The molecule has 0 atom stereocenters. The molecule has 1 heterocycles. The van der Waals surface area contributed by atoms with E-state index in [0.29, 0.717) is 0 Å². The van der Waals surface area contributed by atoms with E-state index in [1.165, 1.54) is 5.01 Å². The molecule has 0 radical (unpaired) electrons. The second-order valence-corrected chi connectivity index (χ2v) is 3.36. The first-order valence-corrected chi connectivity index (χ1v) is 4.79. The van der Waals surface area contributed by atoms with Crippen molar-refractivity contribution in [3.8, 4) is 0 Å². The Balaban J connectivity index is 2.44. The van der Waals surface area contributed by atoms with Crippen molar-refractivity contribution < 1.29 is 5.11 Å². The Kier molecular flexibility index (Phi) is 3.52. The van der Waals surface area contributed by atoms with E-state index in [1.807, 2.05) is 0 Å². The lowest BCUT2D eigenvalue weighted by atomic mass is 10.3. The lowest BCUT2D eigenvalue weighted by molar-refractivity contribution is 0.288. The highest BCUT2D eigenvalue weighted by atomic mass is 32.1. The molecule has 1 rings (SSSR count). The maximum atomic E-state index is 8.57. The van der Waals surface area contributed by atoms with Gasteiger partial charge < -0.3 is 5.11 Å². The zero-order chi connectivity index (χ0) is 8.10. The molecule has 0 aliphatic rings. The van der Waals surface area contributed by atoms with Crippen LogP contribution in [0.1, 0.15) is 24.0 Å². The summed E-state index contributed by atoms with van der Waals surface area (Å²) < 4.78 is 0. The lowest BCUT2D eigenvalue weighted by Gasteiger charge is -1.90. The van der Waals surface area contributed by atoms with Crippen LogP contribution in [-0.4, -0.2) is 16.7 Å². The molecule has 11 heavy (non-hydrogen) atoms. The van der Waals surface area contributed by atoms with Crippen molar-refractivity contribution in [3.05, 3.63) is 16.1 Å². The Morgan fingerprint density at radius 1 is 1.64 bits per heavy atom. The average molecular weight is 171 g/mol. The fourth-order valence-electron chi connectivity index (χ4n) is 0.886. The van der Waals surface area contributed by atoms with Crippen LogP contribution < -0.4 is 0 Å². The van der Waals surface area contributed by atoms with Gasteiger partial charge in [0.1, 0.15) is 0 Å². The SMILES string of the molecule is CCc1nc(CCCO)cs1. The summed E-state index contributed by atoms with van der Waals surface area (Å²) >= 11 is 1.71. The molecule has 1 aromatic heterocycles. The third-order valence-corrected chi connectivity index (χ3v) is 2.53. The minimum Gasteiger partial charge on any atom is -0.396 e. The molecule has 0 saturated carbocycles. The Labute approximate surface area is 70.9 Å². The first-order valence-electron chi connectivity index (χ1n) is 3.91. The Morgan fingerprint density at radius 3 is 3.00 bits per heavy atom. The van der Waals surface area contributed by atoms with Gasteiger partial charge in [-0.15, -0.1) is 11.3 Å². The van der Waals surface area contributed by atoms with Crippen LogP contribution >= 0.6 is 11.3 Å². The number of aryl methyl sites for hydroxylation is 2. The highest BCUT2D eigenvalue weighted by Crippen LogP contribution is 2.11. The van der Waals surface area contributed by atoms with Crippen molar-refractivity contribution in [3.63, 3.8) is 0 Å². The first-order chi connectivity index (χ1) is 5.36. The molecule has 0 bridgehead atoms. The highest BCUT2D eigenvalue weighted by Gasteiger charge is 1.98. The fraction of sp³-hybridized carbons (Fsp3) is 0.625. The van der Waals surface area contributed by atoms with Crippen molar-refractivity contribution in [1.82, 2.24) is 4.98 Å². The van der Waals surface area contributed by atoms with Gasteiger partial charge in [0.05, 0.1) is 10.7 Å². The van der Waals surface area contributed by atoms with E-state index in [4.69, 9.17) is 5.11 Å². The van der Waals surface area contributed by atoms with E-state index in [2.05, 4.69) is 17.3 Å². The van der Waals surface area contributed by atoms with Crippen LogP contribution in [0, 0.1) is 0 Å². The summed E-state index contributed by atoms with van der Waals surface area (Å²) in [7, 11) is 0. The molecule has 2 nitrogen and oxygen atoms in total. The number of aromatic nitrogens is 1. The Bertz CT molecular complexity index is 210. The van der Waals surface area contributed by atoms with Crippen molar-refractivity contribution in [2.24, 2.45) is 0 Å². The lowest BCUT2D eigenvalue weighted by Crippen LogP contribution is -1.89. The summed E-state index contributed by atoms with van der Waals surface area (Å²) in [6.45, 7) is 2.37. The number of hydrogen-bond donors (Lipinski definition) is 1. The summed E-state index contributed by atoms with van der Waals surface area (Å²) in [5.41, 5.74) is 1.13. The van der Waals surface area contributed by atoms with Crippen molar-refractivity contribution in [1.29, 1.82) is 0 Å². The third-order valence-electron chi connectivity index (χ3n) is 1.49. The van der Waals surface area contributed by atoms with Gasteiger partial charge in [0.2, 0.25) is 0 Å². The van der Waals surface area contributed by atoms with Gasteiger partial charge in [-0.2, -0.15) is 0 Å². The normalized spacial score (nSPS) is 10.4. The zero-order valence-corrected chi connectivity index (χ0v) is 7.52. The van der Waals surface area contributed by atoms with Gasteiger partial charge >= 0.3 is 0 Å². The van der Waals surface area contributed by atoms with Gasteiger partial charge in [0.15, 0.2) is 0 Å². The Morgan fingerprint density at radius 2 is 2.45 bits per heavy atom. The number of thiazole rings is 1. The van der Waals surface area contributed by atoms with Gasteiger partial charge in [-0.3, -0.25) is 0 Å². The summed E-state index contributed by atoms with van der Waals surface area (Å²) in [5.74, 6) is 0. The van der Waals surface area contributed by atoms with Gasteiger partial charge in [0, 0.05) is 12.0 Å². The smallest absolute Gasteiger partial charge is 0.0925 e. The summed E-state index contributed by atoms with van der Waals surface area (Å²) in [6.07, 6.45) is 2.75. The Hall–Kier alpha value is -0.410. The molecule has 0 spiro atoms. The predicted molar refractivity (Wildman–Crippen MR) is 46.9 cm³/mol. The van der Waals surface area contributed by atoms with Crippen LogP contribution in [0.3, 0.4) is 0 Å². The van der Waals surface area contributed by atoms with Gasteiger partial charge in [0.25, 0.3) is 0 Å². The number of hydrogen-bond acceptors (Lipinski definition) is 3. The summed E-state index contributed by atoms with van der Waals surface area (Å²) in [5, 5.41) is 11.8. The maximum Gasteiger partial charge on any atom is 0.0925 e. The zero-order valence-electron chi connectivity index (χ0n) is 6.71. The van der Waals surface area contributed by atoms with E-state index >= 15 is 0 Å². The van der Waals surface area contributed by atoms with Crippen LogP contribution in [0.2, 0.25) is 0 Å². The minimum absolute atomic E-state index is 0.263. The van der Waals surface area contributed by atoms with Crippen LogP contribution in [0.25, 0.3) is 0 Å². The average Bonchev–Trinajstić information content (AvgIpc) is 2.48. The quantitative estimate of drug-likeness (QED) is 0.747. The van der Waals surface area contributed by atoms with Crippen LogP contribution in [0.5, 0.6) is 0 Å². The number of nitrogens with zero attached hydrogens (tertiary/aromatic N) is 1. The topological polar surface area (TPSA) is 33.1 Å². The standard InChI is InChI=1S/C8H13NOS/c1-2-8-9-7(6-11-8)4-3-5-10/h6,10H,2-5H2,1H3. The molecule has 1 N–H and O–H groups in total. The molecule has 62 valence electrons. The highest BCUT2D eigenvalue weighted by molar-refractivity contribution is 7.09. The second-order valence-electron chi connectivity index (χ2n) is 2.41. The second kappa shape index (κ2) is 4.46. The number of aliphatic hydroxyl groups excluding tert-OH is 1. The van der Waals surface area contributed by atoms with Gasteiger partial charge in [-0.25, -0.2) is 4.98 Å². The molecular formula is C8H13NOS. The van der Waals surface area contributed by atoms with Gasteiger partial charge in [-0.05, 0) is 19.3 Å². The minimum atomic E-state index is 0.263. The molecule has 0 aliphatic heterocycles. The third kappa shape index (κ3) is 2.60. The van der Waals surface area contributed by atoms with E-state index in [9.17, 15) is 0 Å². The van der Waals surface area contributed by atoms with E-state index < -0.39 is 0 Å². The fourth-order valence-corrected chi connectivity index (χ4v) is 1.67. The molecule has 1 aromatic rings. The molecular weight excluding hydrogens is 158 g/mol. The molecule has 0 saturated heterocycles. The van der Waals surface area contributed by atoms with E-state index in [1.54, 1.807) is 11.3 Å². The van der Waals surface area contributed by atoms with E-state index in [-0.39, 0.29) is 6.61 Å². The van der Waals surface area contributed by atoms with Crippen molar-refractivity contribution in [2.75, 3.05) is 6.61 Å². The predicted octanol–water partition coefficient (Wildman–Crippen LogP) is 1.63. The van der Waals surface area contributed by atoms with Crippen LogP contribution in [-0.2, 0) is 12.8 Å². The van der Waals surface area contributed by atoms with Gasteiger partial charge in [-0.1, -0.05) is 6.92 Å². The van der Waals surface area contributed by atoms with Crippen LogP contribution in [0.15, 0.2) is 5.38 Å². The molecule has 0 fully saturated rings.